The SMILES string of the molecule is O=CC1=CC(OC2CC2)=NC1. The van der Waals surface area contributed by atoms with E-state index >= 15 is 0 Å². The fraction of sp³-hybridized carbons (Fsp3) is 0.500. The number of carbonyl (C=O) groups is 1. The van der Waals surface area contributed by atoms with Crippen LogP contribution in [0.5, 0.6) is 0 Å². The van der Waals surface area contributed by atoms with E-state index in [1.807, 2.05) is 0 Å². The van der Waals surface area contributed by atoms with Gasteiger partial charge in [0.05, 0.1) is 6.54 Å². The molecule has 0 unspecified atom stereocenters. The van der Waals surface area contributed by atoms with E-state index in [1.165, 1.54) is 0 Å². The van der Waals surface area contributed by atoms with Crippen molar-refractivity contribution < 1.29 is 9.53 Å². The average molecular weight is 151 g/mol. The molecule has 2 rings (SSSR count). The molecular formula is C8H9NO2. The van der Waals surface area contributed by atoms with Gasteiger partial charge in [-0.05, 0) is 12.8 Å². The molecule has 0 atom stereocenters. The van der Waals surface area contributed by atoms with Gasteiger partial charge in [0.2, 0.25) is 5.90 Å². The molecule has 0 spiro atoms. The lowest BCUT2D eigenvalue weighted by Crippen LogP contribution is -2.00. The highest BCUT2D eigenvalue weighted by Crippen LogP contribution is 2.24. The molecule has 0 aromatic rings. The predicted molar refractivity (Wildman–Crippen MR) is 40.6 cm³/mol. The standard InChI is InChI=1S/C8H9NO2/c10-5-6-3-8(9-4-6)11-7-1-2-7/h3,5,7H,1-2,4H2. The highest BCUT2D eigenvalue weighted by atomic mass is 16.5. The van der Waals surface area contributed by atoms with Crippen molar-refractivity contribution in [1.29, 1.82) is 0 Å². The summed E-state index contributed by atoms with van der Waals surface area (Å²) < 4.78 is 5.37. The largest absolute Gasteiger partial charge is 0.475 e. The van der Waals surface area contributed by atoms with Crippen molar-refractivity contribution >= 4 is 12.2 Å². The third kappa shape index (κ3) is 1.48. The van der Waals surface area contributed by atoms with Crippen molar-refractivity contribution in [2.45, 2.75) is 18.9 Å². The second kappa shape index (κ2) is 2.49. The van der Waals surface area contributed by atoms with E-state index in [0.717, 1.165) is 19.1 Å². The zero-order chi connectivity index (χ0) is 7.68. The number of carbonyl (C=O) groups excluding carboxylic acids is 1. The van der Waals surface area contributed by atoms with Gasteiger partial charge in [-0.2, -0.15) is 0 Å². The maximum atomic E-state index is 10.3. The van der Waals surface area contributed by atoms with E-state index in [2.05, 4.69) is 4.99 Å². The van der Waals surface area contributed by atoms with Crippen LogP contribution in [0.4, 0.5) is 0 Å². The van der Waals surface area contributed by atoms with Crippen molar-refractivity contribution in [1.82, 2.24) is 0 Å². The zero-order valence-electron chi connectivity index (χ0n) is 6.12. The molecule has 1 aliphatic heterocycles. The molecule has 0 saturated heterocycles. The number of nitrogens with zero attached hydrogens (tertiary/aromatic N) is 1. The van der Waals surface area contributed by atoms with Crippen molar-refractivity contribution in [2.75, 3.05) is 6.54 Å². The molecule has 1 aliphatic carbocycles. The summed E-state index contributed by atoms with van der Waals surface area (Å²) in [6.07, 6.45) is 5.17. The van der Waals surface area contributed by atoms with Gasteiger partial charge in [-0.25, -0.2) is 4.99 Å². The van der Waals surface area contributed by atoms with Crippen LogP contribution in [0.2, 0.25) is 0 Å². The Morgan fingerprint density at radius 3 is 3.00 bits per heavy atom. The normalized spacial score (nSPS) is 22.5. The molecule has 0 aromatic heterocycles. The zero-order valence-corrected chi connectivity index (χ0v) is 6.12. The van der Waals surface area contributed by atoms with Gasteiger partial charge < -0.3 is 4.74 Å². The maximum Gasteiger partial charge on any atom is 0.209 e. The summed E-state index contributed by atoms with van der Waals surface area (Å²) in [7, 11) is 0. The first-order chi connectivity index (χ1) is 5.38. The minimum atomic E-state index is 0.371. The molecule has 11 heavy (non-hydrogen) atoms. The molecule has 3 heteroatoms. The lowest BCUT2D eigenvalue weighted by atomic mass is 10.3. The molecule has 0 bridgehead atoms. The fourth-order valence-electron chi connectivity index (χ4n) is 0.918. The minimum Gasteiger partial charge on any atom is -0.475 e. The number of ether oxygens (including phenoxy) is 1. The van der Waals surface area contributed by atoms with Gasteiger partial charge in [0.15, 0.2) is 0 Å². The van der Waals surface area contributed by atoms with Crippen molar-refractivity contribution in [3.8, 4) is 0 Å². The van der Waals surface area contributed by atoms with Crippen LogP contribution in [0.1, 0.15) is 12.8 Å². The van der Waals surface area contributed by atoms with Gasteiger partial charge in [0, 0.05) is 11.6 Å². The Morgan fingerprint density at radius 1 is 1.64 bits per heavy atom. The van der Waals surface area contributed by atoms with Gasteiger partial charge in [0.25, 0.3) is 0 Å². The third-order valence-electron chi connectivity index (χ3n) is 1.69. The molecule has 0 amide bonds. The molecular weight excluding hydrogens is 142 g/mol. The van der Waals surface area contributed by atoms with E-state index in [0.29, 0.717) is 24.1 Å². The topological polar surface area (TPSA) is 38.7 Å². The Kier molecular flexibility index (Phi) is 1.49. The number of aliphatic imine (C=N–C) groups is 1. The van der Waals surface area contributed by atoms with E-state index in [1.54, 1.807) is 6.08 Å². The molecule has 58 valence electrons. The van der Waals surface area contributed by atoms with E-state index in [9.17, 15) is 4.79 Å². The van der Waals surface area contributed by atoms with Gasteiger partial charge in [-0.1, -0.05) is 0 Å². The summed E-state index contributed by atoms with van der Waals surface area (Å²) >= 11 is 0. The summed E-state index contributed by atoms with van der Waals surface area (Å²) in [5.74, 6) is 0.634. The van der Waals surface area contributed by atoms with Crippen LogP contribution < -0.4 is 0 Å². The Hall–Kier alpha value is -1.12. The lowest BCUT2D eigenvalue weighted by molar-refractivity contribution is -0.104. The maximum absolute atomic E-state index is 10.3. The molecule has 0 radical (unpaired) electrons. The summed E-state index contributed by atoms with van der Waals surface area (Å²) in [5, 5.41) is 0. The third-order valence-corrected chi connectivity index (χ3v) is 1.69. The van der Waals surface area contributed by atoms with E-state index in [-0.39, 0.29) is 0 Å². The van der Waals surface area contributed by atoms with Crippen LogP contribution in [0.25, 0.3) is 0 Å². The second-order valence-electron chi connectivity index (χ2n) is 2.81. The molecule has 3 nitrogen and oxygen atoms in total. The number of hydrogen-bond donors (Lipinski definition) is 0. The van der Waals surface area contributed by atoms with Crippen molar-refractivity contribution in [2.24, 2.45) is 4.99 Å². The quantitative estimate of drug-likeness (QED) is 0.545. The number of hydrogen-bond acceptors (Lipinski definition) is 3. The summed E-state index contributed by atoms with van der Waals surface area (Å²) in [5.41, 5.74) is 0.709. The second-order valence-corrected chi connectivity index (χ2v) is 2.81. The number of aldehydes is 1. The first-order valence-corrected chi connectivity index (χ1v) is 3.75. The minimum absolute atomic E-state index is 0.371. The summed E-state index contributed by atoms with van der Waals surface area (Å²) in [4.78, 5) is 14.3. The van der Waals surface area contributed by atoms with Crippen LogP contribution in [-0.4, -0.2) is 24.8 Å². The van der Waals surface area contributed by atoms with Crippen LogP contribution >= 0.6 is 0 Å². The average Bonchev–Trinajstić information content (AvgIpc) is 2.68. The molecule has 2 aliphatic rings. The van der Waals surface area contributed by atoms with Gasteiger partial charge in [-0.3, -0.25) is 4.79 Å². The highest BCUT2D eigenvalue weighted by Gasteiger charge is 2.25. The van der Waals surface area contributed by atoms with E-state index in [4.69, 9.17) is 4.74 Å². The monoisotopic (exact) mass is 151 g/mol. The van der Waals surface area contributed by atoms with Gasteiger partial charge in [-0.15, -0.1) is 0 Å². The van der Waals surface area contributed by atoms with Crippen molar-refractivity contribution in [3.05, 3.63) is 11.6 Å². The van der Waals surface area contributed by atoms with Crippen LogP contribution in [-0.2, 0) is 9.53 Å². The highest BCUT2D eigenvalue weighted by molar-refractivity contribution is 5.97. The molecule has 0 aromatic carbocycles. The van der Waals surface area contributed by atoms with Crippen LogP contribution in [0.3, 0.4) is 0 Å². The van der Waals surface area contributed by atoms with E-state index < -0.39 is 0 Å². The molecule has 1 fully saturated rings. The Bertz CT molecular complexity index is 238. The Morgan fingerprint density at radius 2 is 2.45 bits per heavy atom. The molecule has 1 heterocycles. The summed E-state index contributed by atoms with van der Waals surface area (Å²) in [6.45, 7) is 0.492. The van der Waals surface area contributed by atoms with Gasteiger partial charge >= 0.3 is 0 Å². The van der Waals surface area contributed by atoms with Crippen LogP contribution in [0.15, 0.2) is 16.6 Å². The number of rotatable bonds is 2. The smallest absolute Gasteiger partial charge is 0.209 e. The van der Waals surface area contributed by atoms with Crippen LogP contribution in [0, 0.1) is 0 Å². The van der Waals surface area contributed by atoms with Gasteiger partial charge in [0.1, 0.15) is 12.4 Å². The predicted octanol–water partition coefficient (Wildman–Crippen LogP) is 0.703. The van der Waals surface area contributed by atoms with Crippen molar-refractivity contribution in [3.63, 3.8) is 0 Å². The molecule has 0 N–H and O–H groups in total. The lowest BCUT2D eigenvalue weighted by Gasteiger charge is -1.98. The fourth-order valence-corrected chi connectivity index (χ4v) is 0.918. The first kappa shape index (κ1) is 6.58. The first-order valence-electron chi connectivity index (χ1n) is 3.75. The molecule has 1 saturated carbocycles. The Balaban J connectivity index is 1.93. The summed E-state index contributed by atoms with van der Waals surface area (Å²) in [6, 6.07) is 0. The Labute approximate surface area is 64.8 Å².